The van der Waals surface area contributed by atoms with Crippen molar-refractivity contribution in [3.63, 3.8) is 0 Å². The minimum absolute atomic E-state index is 0.375. The highest BCUT2D eigenvalue weighted by molar-refractivity contribution is 5.53. The van der Waals surface area contributed by atoms with E-state index in [1.54, 1.807) is 0 Å². The standard InChI is InChI=1S/C20H24N6/c1-14(2)19-24-18-9-8-17(13-26(18)25-19)21-10-15-11-22-20(23-12-15)16-6-4-3-5-7-16/h3-7,11-12,14,17,21H,8-10,13H2,1-2H3/t17-/m0/s1. The summed E-state index contributed by atoms with van der Waals surface area (Å²) >= 11 is 0. The second-order valence-corrected chi connectivity index (χ2v) is 7.12. The zero-order valence-corrected chi connectivity index (χ0v) is 15.3. The van der Waals surface area contributed by atoms with Gasteiger partial charge in [-0.05, 0) is 6.42 Å². The maximum atomic E-state index is 4.65. The molecule has 1 aliphatic rings. The Balaban J connectivity index is 1.36. The SMILES string of the molecule is CC(C)c1nc2n(n1)C[C@@H](NCc1cnc(-c3ccccc3)nc1)CC2. The number of nitrogens with one attached hydrogen (secondary N) is 1. The minimum atomic E-state index is 0.375. The maximum absolute atomic E-state index is 4.65. The van der Waals surface area contributed by atoms with E-state index in [9.17, 15) is 0 Å². The molecule has 0 radical (unpaired) electrons. The van der Waals surface area contributed by atoms with Crippen LogP contribution in [0.2, 0.25) is 0 Å². The number of rotatable bonds is 5. The van der Waals surface area contributed by atoms with Crippen LogP contribution in [0.5, 0.6) is 0 Å². The Hall–Kier alpha value is -2.60. The van der Waals surface area contributed by atoms with E-state index in [4.69, 9.17) is 0 Å². The molecule has 0 saturated heterocycles. The molecule has 1 aliphatic heterocycles. The van der Waals surface area contributed by atoms with E-state index < -0.39 is 0 Å². The molecule has 0 aliphatic carbocycles. The van der Waals surface area contributed by atoms with Crippen molar-refractivity contribution in [2.24, 2.45) is 0 Å². The first-order chi connectivity index (χ1) is 12.7. The molecule has 134 valence electrons. The summed E-state index contributed by atoms with van der Waals surface area (Å²) in [6.07, 6.45) is 5.87. The van der Waals surface area contributed by atoms with Gasteiger partial charge in [0, 0.05) is 48.4 Å². The fourth-order valence-corrected chi connectivity index (χ4v) is 3.18. The Kier molecular flexibility index (Phi) is 4.75. The van der Waals surface area contributed by atoms with E-state index in [0.29, 0.717) is 12.0 Å². The van der Waals surface area contributed by atoms with Crippen molar-refractivity contribution in [1.29, 1.82) is 0 Å². The topological polar surface area (TPSA) is 68.5 Å². The van der Waals surface area contributed by atoms with E-state index in [2.05, 4.69) is 43.9 Å². The van der Waals surface area contributed by atoms with Gasteiger partial charge >= 0.3 is 0 Å². The summed E-state index contributed by atoms with van der Waals surface area (Å²) < 4.78 is 2.06. The van der Waals surface area contributed by atoms with Gasteiger partial charge in [-0.15, -0.1) is 0 Å². The largest absolute Gasteiger partial charge is 0.308 e. The average molecular weight is 348 g/mol. The van der Waals surface area contributed by atoms with Crippen LogP contribution in [0, 0.1) is 0 Å². The van der Waals surface area contributed by atoms with Crippen molar-refractivity contribution in [1.82, 2.24) is 30.0 Å². The zero-order valence-electron chi connectivity index (χ0n) is 15.3. The van der Waals surface area contributed by atoms with Crippen LogP contribution >= 0.6 is 0 Å². The number of hydrogen-bond acceptors (Lipinski definition) is 5. The van der Waals surface area contributed by atoms with E-state index in [0.717, 1.165) is 54.5 Å². The maximum Gasteiger partial charge on any atom is 0.159 e. The van der Waals surface area contributed by atoms with E-state index in [-0.39, 0.29) is 0 Å². The van der Waals surface area contributed by atoms with Gasteiger partial charge in [-0.2, -0.15) is 5.10 Å². The predicted octanol–water partition coefficient (Wildman–Crippen LogP) is 2.96. The lowest BCUT2D eigenvalue weighted by Crippen LogP contribution is -2.37. The molecule has 0 fully saturated rings. The molecule has 26 heavy (non-hydrogen) atoms. The predicted molar refractivity (Wildman–Crippen MR) is 101 cm³/mol. The molecule has 0 bridgehead atoms. The normalized spacial score (nSPS) is 16.7. The van der Waals surface area contributed by atoms with Gasteiger partial charge in [0.25, 0.3) is 0 Å². The van der Waals surface area contributed by atoms with Crippen LogP contribution < -0.4 is 5.32 Å². The summed E-state index contributed by atoms with van der Waals surface area (Å²) in [5, 5.41) is 8.25. The summed E-state index contributed by atoms with van der Waals surface area (Å²) in [6.45, 7) is 5.91. The van der Waals surface area contributed by atoms with Gasteiger partial charge in [-0.1, -0.05) is 44.2 Å². The van der Waals surface area contributed by atoms with E-state index >= 15 is 0 Å². The third-order valence-electron chi connectivity index (χ3n) is 4.72. The second kappa shape index (κ2) is 7.33. The second-order valence-electron chi connectivity index (χ2n) is 7.12. The monoisotopic (exact) mass is 348 g/mol. The summed E-state index contributed by atoms with van der Waals surface area (Å²) in [4.78, 5) is 13.6. The summed E-state index contributed by atoms with van der Waals surface area (Å²) in [5.74, 6) is 3.20. The quantitative estimate of drug-likeness (QED) is 0.768. The first-order valence-electron chi connectivity index (χ1n) is 9.22. The van der Waals surface area contributed by atoms with Crippen molar-refractivity contribution in [3.8, 4) is 11.4 Å². The molecule has 6 heteroatoms. The highest BCUT2D eigenvalue weighted by atomic mass is 15.4. The average Bonchev–Trinajstić information content (AvgIpc) is 3.11. The summed E-state index contributed by atoms with van der Waals surface area (Å²) in [6, 6.07) is 10.4. The van der Waals surface area contributed by atoms with Crippen LogP contribution in [0.1, 0.15) is 43.4 Å². The molecule has 3 heterocycles. The first kappa shape index (κ1) is 16.8. The lowest BCUT2D eigenvalue weighted by atomic mass is 10.1. The molecular formula is C20H24N6. The van der Waals surface area contributed by atoms with Crippen molar-refractivity contribution < 1.29 is 0 Å². The molecule has 0 spiro atoms. The van der Waals surface area contributed by atoms with Gasteiger partial charge in [-0.3, -0.25) is 0 Å². The molecule has 1 N–H and O–H groups in total. The number of nitrogens with zero attached hydrogens (tertiary/aromatic N) is 5. The van der Waals surface area contributed by atoms with Crippen LogP contribution in [0.3, 0.4) is 0 Å². The fourth-order valence-electron chi connectivity index (χ4n) is 3.18. The molecule has 1 atom stereocenters. The Labute approximate surface area is 153 Å². The van der Waals surface area contributed by atoms with Gasteiger partial charge in [0.1, 0.15) is 5.82 Å². The van der Waals surface area contributed by atoms with Crippen LogP contribution in [-0.4, -0.2) is 30.8 Å². The summed E-state index contributed by atoms with van der Waals surface area (Å²) in [7, 11) is 0. The molecular weight excluding hydrogens is 324 g/mol. The molecule has 0 saturated carbocycles. The van der Waals surface area contributed by atoms with E-state index in [1.807, 2.05) is 42.7 Å². The number of aryl methyl sites for hydroxylation is 1. The third-order valence-corrected chi connectivity index (χ3v) is 4.72. The number of aromatic nitrogens is 5. The van der Waals surface area contributed by atoms with Gasteiger partial charge in [-0.25, -0.2) is 19.6 Å². The summed E-state index contributed by atoms with van der Waals surface area (Å²) in [5.41, 5.74) is 2.14. The molecule has 4 rings (SSSR count). The Morgan fingerprint density at radius 1 is 1.15 bits per heavy atom. The number of benzene rings is 1. The molecule has 3 aromatic rings. The highest BCUT2D eigenvalue weighted by Gasteiger charge is 2.22. The minimum Gasteiger partial charge on any atom is -0.308 e. The van der Waals surface area contributed by atoms with Crippen LogP contribution in [0.4, 0.5) is 0 Å². The fraction of sp³-hybridized carbons (Fsp3) is 0.400. The van der Waals surface area contributed by atoms with Crippen molar-refractivity contribution in [3.05, 3.63) is 59.9 Å². The molecule has 0 unspecified atom stereocenters. The van der Waals surface area contributed by atoms with Gasteiger partial charge in [0.15, 0.2) is 11.6 Å². The van der Waals surface area contributed by atoms with Gasteiger partial charge in [0.2, 0.25) is 0 Å². The van der Waals surface area contributed by atoms with Crippen LogP contribution in [-0.2, 0) is 19.5 Å². The van der Waals surface area contributed by atoms with Gasteiger partial charge < -0.3 is 5.32 Å². The molecule has 6 nitrogen and oxygen atoms in total. The van der Waals surface area contributed by atoms with Crippen molar-refractivity contribution >= 4 is 0 Å². The smallest absolute Gasteiger partial charge is 0.159 e. The molecule has 2 aromatic heterocycles. The van der Waals surface area contributed by atoms with Crippen LogP contribution in [0.15, 0.2) is 42.7 Å². The van der Waals surface area contributed by atoms with Crippen molar-refractivity contribution in [2.45, 2.75) is 51.7 Å². The molecule has 0 amide bonds. The number of hydrogen-bond donors (Lipinski definition) is 1. The first-order valence-corrected chi connectivity index (χ1v) is 9.22. The Morgan fingerprint density at radius 2 is 1.92 bits per heavy atom. The lowest BCUT2D eigenvalue weighted by Gasteiger charge is -2.23. The molecule has 1 aromatic carbocycles. The number of fused-ring (bicyclic) bond motifs is 1. The van der Waals surface area contributed by atoms with Crippen LogP contribution in [0.25, 0.3) is 11.4 Å². The lowest BCUT2D eigenvalue weighted by molar-refractivity contribution is 0.357. The highest BCUT2D eigenvalue weighted by Crippen LogP contribution is 2.17. The Bertz CT molecular complexity index is 854. The third kappa shape index (κ3) is 3.65. The van der Waals surface area contributed by atoms with Gasteiger partial charge in [0.05, 0.1) is 6.54 Å². The zero-order chi connectivity index (χ0) is 17.9. The van der Waals surface area contributed by atoms with Crippen molar-refractivity contribution in [2.75, 3.05) is 0 Å². The Morgan fingerprint density at radius 3 is 2.65 bits per heavy atom. The van der Waals surface area contributed by atoms with E-state index in [1.165, 1.54) is 0 Å².